The van der Waals surface area contributed by atoms with Gasteiger partial charge in [-0.3, -0.25) is 0 Å². The predicted octanol–water partition coefficient (Wildman–Crippen LogP) is 2.07. The van der Waals surface area contributed by atoms with E-state index < -0.39 is 0 Å². The van der Waals surface area contributed by atoms with E-state index in [1.807, 2.05) is 0 Å². The third kappa shape index (κ3) is 3.77. The van der Waals surface area contributed by atoms with E-state index >= 15 is 0 Å². The lowest BCUT2D eigenvalue weighted by atomic mass is 9.94. The Hall–Kier alpha value is -0.590. The minimum absolute atomic E-state index is 0.121. The van der Waals surface area contributed by atoms with E-state index in [0.717, 1.165) is 12.8 Å². The van der Waals surface area contributed by atoms with E-state index in [1.54, 1.807) is 0 Å². The maximum absolute atomic E-state index is 9.31. The molecular weight excluding hydrogens is 200 g/mol. The Labute approximate surface area is 98.8 Å². The molecule has 1 aliphatic rings. The minimum Gasteiger partial charge on any atom is -0.395 e. The first-order valence-corrected chi connectivity index (χ1v) is 6.45. The van der Waals surface area contributed by atoms with Crippen LogP contribution in [0.3, 0.4) is 0 Å². The van der Waals surface area contributed by atoms with Crippen molar-refractivity contribution in [3.05, 3.63) is 0 Å². The van der Waals surface area contributed by atoms with Crippen molar-refractivity contribution in [2.24, 2.45) is 11.8 Å². The number of aliphatic hydroxyl groups is 1. The van der Waals surface area contributed by atoms with Crippen molar-refractivity contribution in [3.63, 3.8) is 0 Å². The van der Waals surface area contributed by atoms with Gasteiger partial charge in [0.2, 0.25) is 0 Å². The van der Waals surface area contributed by atoms with Gasteiger partial charge in [0, 0.05) is 12.1 Å². The average Bonchev–Trinajstić information content (AvgIpc) is 2.49. The minimum atomic E-state index is 0.121. The van der Waals surface area contributed by atoms with Crippen LogP contribution < -0.4 is 5.32 Å². The number of aliphatic hydroxyl groups excluding tert-OH is 1. The van der Waals surface area contributed by atoms with Gasteiger partial charge in [-0.25, -0.2) is 0 Å². The van der Waals surface area contributed by atoms with Crippen LogP contribution in [-0.4, -0.2) is 23.8 Å². The first kappa shape index (κ1) is 13.5. The number of hydrogen-bond donors (Lipinski definition) is 2. The molecule has 2 N–H and O–H groups in total. The SMILES string of the molecule is CC(C)[C@@H](CO)NC1CCCCCC1C#N. The van der Waals surface area contributed by atoms with Crippen molar-refractivity contribution in [2.75, 3.05) is 6.61 Å². The monoisotopic (exact) mass is 224 g/mol. The summed E-state index contributed by atoms with van der Waals surface area (Å²) in [5, 5.41) is 21.9. The normalized spacial score (nSPS) is 28.4. The third-order valence-corrected chi connectivity index (χ3v) is 3.61. The molecule has 1 rings (SSSR count). The van der Waals surface area contributed by atoms with Crippen molar-refractivity contribution >= 4 is 0 Å². The zero-order valence-electron chi connectivity index (χ0n) is 10.4. The van der Waals surface area contributed by atoms with E-state index in [0.29, 0.717) is 5.92 Å². The van der Waals surface area contributed by atoms with Crippen molar-refractivity contribution < 1.29 is 5.11 Å². The molecule has 0 aromatic heterocycles. The summed E-state index contributed by atoms with van der Waals surface area (Å²) in [5.74, 6) is 0.530. The molecule has 0 spiro atoms. The standard InChI is InChI=1S/C13H24N2O/c1-10(2)13(9-16)15-12-7-5-3-4-6-11(12)8-14/h10-13,15-16H,3-7,9H2,1-2H3/t11?,12?,13-/m1/s1. The molecule has 0 amide bonds. The van der Waals surface area contributed by atoms with Crippen molar-refractivity contribution in [3.8, 4) is 6.07 Å². The molecular formula is C13H24N2O. The lowest BCUT2D eigenvalue weighted by Gasteiger charge is -2.28. The van der Waals surface area contributed by atoms with Crippen LogP contribution in [0, 0.1) is 23.2 Å². The fraction of sp³-hybridized carbons (Fsp3) is 0.923. The Morgan fingerprint density at radius 2 is 2.00 bits per heavy atom. The highest BCUT2D eigenvalue weighted by Crippen LogP contribution is 2.23. The lowest BCUT2D eigenvalue weighted by Crippen LogP contribution is -2.46. The van der Waals surface area contributed by atoms with Gasteiger partial charge in [-0.1, -0.05) is 33.1 Å². The molecule has 3 atom stereocenters. The highest BCUT2D eigenvalue weighted by molar-refractivity contribution is 4.95. The molecule has 0 saturated heterocycles. The molecule has 0 aliphatic heterocycles. The topological polar surface area (TPSA) is 56.0 Å². The first-order valence-electron chi connectivity index (χ1n) is 6.45. The summed E-state index contributed by atoms with van der Waals surface area (Å²) >= 11 is 0. The Kier molecular flexibility index (Phi) is 5.79. The van der Waals surface area contributed by atoms with Gasteiger partial charge in [0.25, 0.3) is 0 Å². The molecule has 1 fully saturated rings. The molecule has 0 heterocycles. The van der Waals surface area contributed by atoms with Crippen LogP contribution in [0.4, 0.5) is 0 Å². The Bertz CT molecular complexity index is 235. The molecule has 0 radical (unpaired) electrons. The van der Waals surface area contributed by atoms with Gasteiger partial charge in [-0.2, -0.15) is 5.26 Å². The van der Waals surface area contributed by atoms with Gasteiger partial charge in [-0.05, 0) is 18.8 Å². The third-order valence-electron chi connectivity index (χ3n) is 3.61. The van der Waals surface area contributed by atoms with E-state index in [-0.39, 0.29) is 24.6 Å². The summed E-state index contributed by atoms with van der Waals surface area (Å²) in [7, 11) is 0. The summed E-state index contributed by atoms with van der Waals surface area (Å²) in [6, 6.07) is 2.81. The molecule has 16 heavy (non-hydrogen) atoms. The van der Waals surface area contributed by atoms with Crippen LogP contribution in [0.25, 0.3) is 0 Å². The largest absolute Gasteiger partial charge is 0.395 e. The maximum atomic E-state index is 9.31. The fourth-order valence-electron chi connectivity index (χ4n) is 2.39. The van der Waals surface area contributed by atoms with E-state index in [4.69, 9.17) is 5.26 Å². The number of nitrogens with one attached hydrogen (secondary N) is 1. The summed E-state index contributed by atoms with van der Waals surface area (Å²) in [6.45, 7) is 4.37. The summed E-state index contributed by atoms with van der Waals surface area (Å²) in [6.07, 6.45) is 5.68. The molecule has 0 aromatic carbocycles. The molecule has 3 nitrogen and oxygen atoms in total. The maximum Gasteiger partial charge on any atom is 0.0672 e. The second-order valence-electron chi connectivity index (χ2n) is 5.18. The fourth-order valence-corrected chi connectivity index (χ4v) is 2.39. The van der Waals surface area contributed by atoms with Gasteiger partial charge in [0.05, 0.1) is 18.6 Å². The van der Waals surface area contributed by atoms with Gasteiger partial charge in [-0.15, -0.1) is 0 Å². The Morgan fingerprint density at radius 1 is 1.31 bits per heavy atom. The van der Waals surface area contributed by atoms with Crippen molar-refractivity contribution in [2.45, 2.75) is 58.0 Å². The van der Waals surface area contributed by atoms with Crippen LogP contribution in [0.2, 0.25) is 0 Å². The van der Waals surface area contributed by atoms with Gasteiger partial charge >= 0.3 is 0 Å². The van der Waals surface area contributed by atoms with Gasteiger partial charge < -0.3 is 10.4 Å². The smallest absolute Gasteiger partial charge is 0.0672 e. The molecule has 3 heteroatoms. The highest BCUT2D eigenvalue weighted by Gasteiger charge is 2.26. The number of rotatable bonds is 4. The predicted molar refractivity (Wildman–Crippen MR) is 64.8 cm³/mol. The molecule has 92 valence electrons. The van der Waals surface area contributed by atoms with Crippen molar-refractivity contribution in [1.29, 1.82) is 5.26 Å². The summed E-state index contributed by atoms with van der Waals surface area (Å²) < 4.78 is 0. The zero-order chi connectivity index (χ0) is 12.0. The van der Waals surface area contributed by atoms with Crippen LogP contribution >= 0.6 is 0 Å². The van der Waals surface area contributed by atoms with E-state index in [2.05, 4.69) is 25.2 Å². The molecule has 1 saturated carbocycles. The summed E-state index contributed by atoms with van der Waals surface area (Å²) in [4.78, 5) is 0. The van der Waals surface area contributed by atoms with Gasteiger partial charge in [0.15, 0.2) is 0 Å². The average molecular weight is 224 g/mol. The molecule has 0 bridgehead atoms. The Balaban J connectivity index is 2.57. The second kappa shape index (κ2) is 6.88. The van der Waals surface area contributed by atoms with E-state index in [9.17, 15) is 5.11 Å². The quantitative estimate of drug-likeness (QED) is 0.719. The van der Waals surface area contributed by atoms with E-state index in [1.165, 1.54) is 19.3 Å². The molecule has 2 unspecified atom stereocenters. The van der Waals surface area contributed by atoms with Crippen molar-refractivity contribution in [1.82, 2.24) is 5.32 Å². The lowest BCUT2D eigenvalue weighted by molar-refractivity contribution is 0.188. The number of nitriles is 1. The van der Waals surface area contributed by atoms with Crippen LogP contribution in [0.15, 0.2) is 0 Å². The number of nitrogens with zero attached hydrogens (tertiary/aromatic N) is 1. The highest BCUT2D eigenvalue weighted by atomic mass is 16.3. The first-order chi connectivity index (χ1) is 7.69. The van der Waals surface area contributed by atoms with Crippen LogP contribution in [-0.2, 0) is 0 Å². The zero-order valence-corrected chi connectivity index (χ0v) is 10.4. The second-order valence-corrected chi connectivity index (χ2v) is 5.18. The number of hydrogen-bond acceptors (Lipinski definition) is 3. The Morgan fingerprint density at radius 3 is 2.56 bits per heavy atom. The summed E-state index contributed by atoms with van der Waals surface area (Å²) in [5.41, 5.74) is 0. The van der Waals surface area contributed by atoms with Gasteiger partial charge in [0.1, 0.15) is 0 Å². The molecule has 1 aliphatic carbocycles. The van der Waals surface area contributed by atoms with Crippen LogP contribution in [0.1, 0.15) is 46.0 Å². The molecule has 0 aromatic rings. The van der Waals surface area contributed by atoms with Crippen LogP contribution in [0.5, 0.6) is 0 Å².